The predicted molar refractivity (Wildman–Crippen MR) is 144 cm³/mol. The van der Waals surface area contributed by atoms with Gasteiger partial charge in [-0.15, -0.1) is 12.4 Å². The molecule has 2 heterocycles. The zero-order chi connectivity index (χ0) is 25.7. The number of carboxylic acids is 1. The molecular formula is C27H33ClFN3O4S. The number of piperidine rings is 1. The van der Waals surface area contributed by atoms with Gasteiger partial charge in [-0.3, -0.25) is 24.0 Å². The summed E-state index contributed by atoms with van der Waals surface area (Å²) in [5.74, 6) is -1.11. The topological polar surface area (TPSA) is 92.5 Å². The zero-order valence-corrected chi connectivity index (χ0v) is 22.5. The van der Waals surface area contributed by atoms with Crippen molar-refractivity contribution in [3.8, 4) is 0 Å². The third-order valence-electron chi connectivity index (χ3n) is 6.62. The molecule has 0 amide bonds. The highest BCUT2D eigenvalue weighted by Gasteiger charge is 2.41. The standard InChI is InChI=1S/C27H32FN3O4S.ClH/c1-18(32)36-24-12-14-30(26(27(35)19-9-10-19)22-6-2-3-7-23(22)28)17-20(24)16-21-11-15-31(29-21)13-5-4-8-25(33)34;/h2-3,6-7,11,15-16,19,24,26H,4-5,8-10,12-14,17H2,1H3,(H,33,34);1H/b20-16+;. The van der Waals surface area contributed by atoms with E-state index in [4.69, 9.17) is 5.11 Å². The fourth-order valence-electron chi connectivity index (χ4n) is 4.71. The Morgan fingerprint density at radius 3 is 2.62 bits per heavy atom. The number of rotatable bonds is 11. The highest BCUT2D eigenvalue weighted by molar-refractivity contribution is 8.14. The van der Waals surface area contributed by atoms with Gasteiger partial charge in [0.2, 0.25) is 0 Å². The van der Waals surface area contributed by atoms with Crippen molar-refractivity contribution in [2.24, 2.45) is 5.92 Å². The monoisotopic (exact) mass is 549 g/mol. The first-order chi connectivity index (χ1) is 17.3. The Morgan fingerprint density at radius 2 is 1.95 bits per heavy atom. The Kier molecular flexibility index (Phi) is 10.5. The Balaban J connectivity index is 0.00000380. The first-order valence-electron chi connectivity index (χ1n) is 12.5. The lowest BCUT2D eigenvalue weighted by Gasteiger charge is -2.38. The summed E-state index contributed by atoms with van der Waals surface area (Å²) in [5, 5.41) is 13.4. The first-order valence-corrected chi connectivity index (χ1v) is 13.3. The van der Waals surface area contributed by atoms with E-state index in [1.807, 2.05) is 23.2 Å². The molecule has 10 heteroatoms. The maximum absolute atomic E-state index is 14.8. The molecule has 2 unspecified atom stereocenters. The number of nitrogens with zero attached hydrogens (tertiary/aromatic N) is 3. The number of aryl methyl sites for hydroxylation is 1. The lowest BCUT2D eigenvalue weighted by Crippen LogP contribution is -2.43. The molecule has 1 N–H and O–H groups in total. The van der Waals surface area contributed by atoms with Gasteiger partial charge in [0.25, 0.3) is 0 Å². The maximum atomic E-state index is 14.8. The van der Waals surface area contributed by atoms with Crippen LogP contribution in [0.2, 0.25) is 0 Å². The van der Waals surface area contributed by atoms with Gasteiger partial charge in [-0.05, 0) is 55.9 Å². The van der Waals surface area contributed by atoms with Gasteiger partial charge in [-0.2, -0.15) is 5.10 Å². The average molecular weight is 550 g/mol. The van der Waals surface area contributed by atoms with Gasteiger partial charge in [0.1, 0.15) is 5.82 Å². The number of aromatic nitrogens is 2. The van der Waals surface area contributed by atoms with E-state index in [-0.39, 0.29) is 46.7 Å². The minimum Gasteiger partial charge on any atom is -0.481 e. The van der Waals surface area contributed by atoms with Crippen LogP contribution in [0.15, 0.2) is 42.1 Å². The number of likely N-dealkylation sites (tertiary alicyclic amines) is 1. The Labute approximate surface area is 226 Å². The average Bonchev–Trinajstić information content (AvgIpc) is 3.59. The van der Waals surface area contributed by atoms with Gasteiger partial charge in [0, 0.05) is 55.9 Å². The second-order valence-corrected chi connectivity index (χ2v) is 10.9. The number of halogens is 2. The molecule has 4 rings (SSSR count). The van der Waals surface area contributed by atoms with Crippen LogP contribution in [0.5, 0.6) is 0 Å². The highest BCUT2D eigenvalue weighted by Crippen LogP contribution is 2.40. The summed E-state index contributed by atoms with van der Waals surface area (Å²) in [6, 6.07) is 7.76. The van der Waals surface area contributed by atoms with E-state index in [2.05, 4.69) is 5.10 Å². The van der Waals surface area contributed by atoms with Crippen molar-refractivity contribution in [2.45, 2.75) is 63.3 Å². The van der Waals surface area contributed by atoms with E-state index in [0.29, 0.717) is 44.5 Å². The molecule has 2 atom stereocenters. The van der Waals surface area contributed by atoms with E-state index in [1.165, 1.54) is 17.8 Å². The van der Waals surface area contributed by atoms with Crippen LogP contribution < -0.4 is 0 Å². The summed E-state index contributed by atoms with van der Waals surface area (Å²) in [7, 11) is 0. The molecule has 1 aliphatic heterocycles. The number of unbranched alkanes of at least 4 members (excludes halogenated alkanes) is 1. The molecule has 0 bridgehead atoms. The van der Waals surface area contributed by atoms with Crippen LogP contribution in [0.4, 0.5) is 4.39 Å². The van der Waals surface area contributed by atoms with Crippen LogP contribution in [-0.4, -0.2) is 55.0 Å². The zero-order valence-electron chi connectivity index (χ0n) is 20.8. The Morgan fingerprint density at radius 1 is 1.19 bits per heavy atom. The molecule has 1 aromatic heterocycles. The molecular weight excluding hydrogens is 517 g/mol. The summed E-state index contributed by atoms with van der Waals surface area (Å²) >= 11 is 1.29. The fourth-order valence-corrected chi connectivity index (χ4v) is 5.63. The van der Waals surface area contributed by atoms with Crippen LogP contribution in [0.3, 0.4) is 0 Å². The van der Waals surface area contributed by atoms with Gasteiger partial charge >= 0.3 is 5.97 Å². The molecule has 1 saturated carbocycles. The van der Waals surface area contributed by atoms with Gasteiger partial charge in [-0.1, -0.05) is 30.0 Å². The molecule has 2 aromatic rings. The molecule has 0 spiro atoms. The van der Waals surface area contributed by atoms with E-state index >= 15 is 0 Å². The van der Waals surface area contributed by atoms with Crippen molar-refractivity contribution in [1.82, 2.24) is 14.7 Å². The molecule has 2 fully saturated rings. The third kappa shape index (κ3) is 7.99. The smallest absolute Gasteiger partial charge is 0.303 e. The van der Waals surface area contributed by atoms with Crippen LogP contribution in [-0.2, 0) is 20.9 Å². The molecule has 1 aromatic carbocycles. The molecule has 0 radical (unpaired) electrons. The predicted octanol–water partition coefficient (Wildman–Crippen LogP) is 5.16. The van der Waals surface area contributed by atoms with Crippen LogP contribution in [0.1, 0.15) is 62.7 Å². The van der Waals surface area contributed by atoms with E-state index < -0.39 is 12.0 Å². The second kappa shape index (κ2) is 13.3. The molecule has 200 valence electrons. The molecule has 1 aliphatic carbocycles. The summed E-state index contributed by atoms with van der Waals surface area (Å²) in [5.41, 5.74) is 2.15. The Bertz CT molecular complexity index is 1150. The van der Waals surface area contributed by atoms with Crippen molar-refractivity contribution in [3.63, 3.8) is 0 Å². The molecule has 7 nitrogen and oxygen atoms in total. The molecule has 37 heavy (non-hydrogen) atoms. The highest BCUT2D eigenvalue weighted by atomic mass is 35.5. The van der Waals surface area contributed by atoms with Gasteiger partial charge in [-0.25, -0.2) is 4.39 Å². The SMILES string of the molecule is CC(=O)SC1CCN(C(C(=O)C2CC2)c2ccccc2F)C/C1=C\c1ccn(CCCCC(=O)O)n1.Cl. The van der Waals surface area contributed by atoms with E-state index in [9.17, 15) is 18.8 Å². The third-order valence-corrected chi connectivity index (χ3v) is 7.78. The van der Waals surface area contributed by atoms with Gasteiger partial charge in [0.15, 0.2) is 10.9 Å². The minimum absolute atomic E-state index is 0. The van der Waals surface area contributed by atoms with Crippen molar-refractivity contribution >= 4 is 47.1 Å². The number of carbonyl (C=O) groups is 3. The van der Waals surface area contributed by atoms with E-state index in [0.717, 1.165) is 24.1 Å². The molecule has 2 aliphatic rings. The van der Waals surface area contributed by atoms with Crippen molar-refractivity contribution < 1.29 is 23.9 Å². The van der Waals surface area contributed by atoms with Crippen molar-refractivity contribution in [1.29, 1.82) is 0 Å². The number of hydrogen-bond donors (Lipinski definition) is 1. The Hall–Kier alpha value is -2.49. The lowest BCUT2D eigenvalue weighted by atomic mass is 9.93. The normalized spacial score (nSPS) is 19.8. The number of carboxylic acid groups (broad SMARTS) is 1. The van der Waals surface area contributed by atoms with Crippen LogP contribution in [0, 0.1) is 11.7 Å². The van der Waals surface area contributed by atoms with Gasteiger partial charge < -0.3 is 5.11 Å². The number of carbonyl (C=O) groups excluding carboxylic acids is 2. The quantitative estimate of drug-likeness (QED) is 0.387. The summed E-state index contributed by atoms with van der Waals surface area (Å²) < 4.78 is 16.6. The number of ketones is 1. The lowest BCUT2D eigenvalue weighted by molar-refractivity contribution is -0.137. The van der Waals surface area contributed by atoms with E-state index in [1.54, 1.807) is 29.8 Å². The number of aliphatic carboxylic acids is 1. The summed E-state index contributed by atoms with van der Waals surface area (Å²) in [6.07, 6.45) is 7.66. The molecule has 1 saturated heterocycles. The number of hydrogen-bond acceptors (Lipinski definition) is 6. The van der Waals surface area contributed by atoms with Crippen molar-refractivity contribution in [3.05, 3.63) is 59.2 Å². The van der Waals surface area contributed by atoms with Crippen LogP contribution in [0.25, 0.3) is 6.08 Å². The van der Waals surface area contributed by atoms with Crippen LogP contribution >= 0.6 is 24.2 Å². The first kappa shape index (κ1) is 29.1. The maximum Gasteiger partial charge on any atom is 0.303 e. The second-order valence-electron chi connectivity index (χ2n) is 9.53. The fraction of sp³-hybridized carbons (Fsp3) is 0.481. The minimum atomic E-state index is -0.800. The number of thioether (sulfide) groups is 1. The number of benzene rings is 1. The number of Topliss-reactive ketones (excluding diaryl/α,β-unsaturated/α-hetero) is 1. The largest absolute Gasteiger partial charge is 0.481 e. The summed E-state index contributed by atoms with van der Waals surface area (Å²) in [4.78, 5) is 38.0. The van der Waals surface area contributed by atoms with Crippen molar-refractivity contribution in [2.75, 3.05) is 13.1 Å². The summed E-state index contributed by atoms with van der Waals surface area (Å²) in [6.45, 7) is 3.23. The van der Waals surface area contributed by atoms with Gasteiger partial charge in [0.05, 0.1) is 11.7 Å².